The number of carbonyl (C=O) groups is 1. The second kappa shape index (κ2) is 9.63. The first-order chi connectivity index (χ1) is 15.2. The molecule has 31 heavy (non-hydrogen) atoms. The molecule has 0 atom stereocenters. The number of carbonyl (C=O) groups excluding carboxylic acids is 1. The molecule has 164 valence electrons. The molecule has 0 aliphatic heterocycles. The number of benzene rings is 1. The third-order valence-corrected chi connectivity index (χ3v) is 5.51. The van der Waals surface area contributed by atoms with Crippen LogP contribution in [0.1, 0.15) is 32.1 Å². The number of methoxy groups -OCH3 is 2. The van der Waals surface area contributed by atoms with Crippen molar-refractivity contribution < 1.29 is 19.0 Å². The fourth-order valence-electron chi connectivity index (χ4n) is 3.90. The summed E-state index contributed by atoms with van der Waals surface area (Å²) in [5.74, 6) is 2.86. The van der Waals surface area contributed by atoms with Crippen molar-refractivity contribution in [1.29, 1.82) is 0 Å². The average Bonchev–Trinajstić information content (AvgIpc) is 3.45. The summed E-state index contributed by atoms with van der Waals surface area (Å²) < 4.78 is 18.1. The predicted octanol–water partition coefficient (Wildman–Crippen LogP) is 2.88. The number of aromatic nitrogens is 4. The molecule has 1 saturated carbocycles. The molecule has 0 saturated heterocycles. The molecule has 1 aliphatic carbocycles. The third-order valence-electron chi connectivity index (χ3n) is 5.51. The number of hydrogen-bond donors (Lipinski definition) is 1. The van der Waals surface area contributed by atoms with Crippen LogP contribution in [0.15, 0.2) is 30.3 Å². The van der Waals surface area contributed by atoms with Gasteiger partial charge in [0.1, 0.15) is 18.1 Å². The molecule has 2 heterocycles. The molecule has 1 amide bonds. The zero-order valence-corrected chi connectivity index (χ0v) is 17.8. The highest BCUT2D eigenvalue weighted by atomic mass is 16.5. The van der Waals surface area contributed by atoms with Gasteiger partial charge >= 0.3 is 0 Å². The summed E-state index contributed by atoms with van der Waals surface area (Å²) in [5, 5.41) is 15.9. The fourth-order valence-corrected chi connectivity index (χ4v) is 3.90. The van der Waals surface area contributed by atoms with Gasteiger partial charge < -0.3 is 19.5 Å². The Morgan fingerprint density at radius 1 is 1.13 bits per heavy atom. The Hall–Kier alpha value is -3.36. The average molecular weight is 425 g/mol. The van der Waals surface area contributed by atoms with Gasteiger partial charge in [-0.2, -0.15) is 4.52 Å². The number of rotatable bonds is 9. The molecule has 9 heteroatoms. The number of nitrogens with one attached hydrogen (secondary N) is 1. The lowest BCUT2D eigenvalue weighted by atomic mass is 10.0. The van der Waals surface area contributed by atoms with Gasteiger partial charge in [-0.3, -0.25) is 4.79 Å². The molecule has 1 N–H and O–H groups in total. The zero-order chi connectivity index (χ0) is 21.6. The van der Waals surface area contributed by atoms with Gasteiger partial charge in [0, 0.05) is 18.6 Å². The van der Waals surface area contributed by atoms with E-state index in [1.807, 2.05) is 12.1 Å². The smallest absolute Gasteiger partial charge is 0.231 e. The quantitative estimate of drug-likeness (QED) is 0.526. The number of amides is 1. The molecule has 0 radical (unpaired) electrons. The summed E-state index contributed by atoms with van der Waals surface area (Å²) in [4.78, 5) is 12.0. The normalized spacial score (nSPS) is 14.0. The Labute approximate surface area is 180 Å². The molecule has 0 bridgehead atoms. The van der Waals surface area contributed by atoms with Crippen LogP contribution in [0.25, 0.3) is 17.0 Å². The zero-order valence-electron chi connectivity index (χ0n) is 17.8. The van der Waals surface area contributed by atoms with E-state index < -0.39 is 0 Å². The van der Waals surface area contributed by atoms with Gasteiger partial charge in [0.2, 0.25) is 11.8 Å². The summed E-state index contributed by atoms with van der Waals surface area (Å²) in [6.07, 6.45) is 5.41. The number of nitrogens with zero attached hydrogens (tertiary/aromatic N) is 4. The van der Waals surface area contributed by atoms with Crippen LogP contribution < -0.4 is 19.5 Å². The molecule has 1 aromatic carbocycles. The Bertz CT molecular complexity index is 1050. The van der Waals surface area contributed by atoms with E-state index in [0.29, 0.717) is 54.3 Å². The summed E-state index contributed by atoms with van der Waals surface area (Å²) in [7, 11) is 3.19. The van der Waals surface area contributed by atoms with Crippen molar-refractivity contribution in [3.63, 3.8) is 0 Å². The highest BCUT2D eigenvalue weighted by Gasteiger charge is 2.18. The van der Waals surface area contributed by atoms with Crippen LogP contribution in [0.3, 0.4) is 0 Å². The van der Waals surface area contributed by atoms with Gasteiger partial charge in [-0.05, 0) is 37.0 Å². The van der Waals surface area contributed by atoms with Crippen LogP contribution >= 0.6 is 0 Å². The predicted molar refractivity (Wildman–Crippen MR) is 114 cm³/mol. The second-order valence-corrected chi connectivity index (χ2v) is 7.58. The monoisotopic (exact) mass is 425 g/mol. The number of fused-ring (bicyclic) bond motifs is 1. The standard InChI is InChI=1S/C22H27N5O4/c1-29-16-7-8-17(18(14-16)30-2)22-25-24-19-9-10-21(26-27(19)22)31-12-11-23-20(28)13-15-5-3-4-6-15/h7-10,14-15H,3-6,11-13H2,1-2H3,(H,23,28). The van der Waals surface area contributed by atoms with E-state index in [4.69, 9.17) is 14.2 Å². The summed E-state index contributed by atoms with van der Waals surface area (Å²) in [6.45, 7) is 0.769. The van der Waals surface area contributed by atoms with E-state index in [1.54, 1.807) is 36.9 Å². The van der Waals surface area contributed by atoms with E-state index in [1.165, 1.54) is 12.8 Å². The maximum Gasteiger partial charge on any atom is 0.231 e. The van der Waals surface area contributed by atoms with Crippen LogP contribution in [-0.4, -0.2) is 53.1 Å². The largest absolute Gasteiger partial charge is 0.497 e. The molecule has 4 rings (SSSR count). The SMILES string of the molecule is COc1ccc(-c2nnc3ccc(OCCNC(=O)CC4CCCC4)nn23)c(OC)c1. The van der Waals surface area contributed by atoms with Crippen molar-refractivity contribution >= 4 is 11.6 Å². The van der Waals surface area contributed by atoms with Crippen LogP contribution in [0, 0.1) is 5.92 Å². The van der Waals surface area contributed by atoms with Gasteiger partial charge in [-0.25, -0.2) is 0 Å². The lowest BCUT2D eigenvalue weighted by Crippen LogP contribution is -2.29. The minimum atomic E-state index is 0.0895. The van der Waals surface area contributed by atoms with Gasteiger partial charge in [0.25, 0.3) is 0 Å². The Balaban J connectivity index is 1.41. The Morgan fingerprint density at radius 2 is 1.97 bits per heavy atom. The first-order valence-electron chi connectivity index (χ1n) is 10.5. The van der Waals surface area contributed by atoms with Gasteiger partial charge in [-0.1, -0.05) is 12.8 Å². The minimum Gasteiger partial charge on any atom is -0.497 e. The van der Waals surface area contributed by atoms with Crippen molar-refractivity contribution in [1.82, 2.24) is 25.1 Å². The summed E-state index contributed by atoms with van der Waals surface area (Å²) in [6, 6.07) is 8.98. The molecule has 1 fully saturated rings. The van der Waals surface area contributed by atoms with E-state index in [0.717, 1.165) is 18.4 Å². The topological polar surface area (TPSA) is 99.9 Å². The van der Waals surface area contributed by atoms with Crippen molar-refractivity contribution in [3.05, 3.63) is 30.3 Å². The minimum absolute atomic E-state index is 0.0895. The van der Waals surface area contributed by atoms with Crippen molar-refractivity contribution in [2.45, 2.75) is 32.1 Å². The highest BCUT2D eigenvalue weighted by Crippen LogP contribution is 2.32. The van der Waals surface area contributed by atoms with Crippen molar-refractivity contribution in [2.75, 3.05) is 27.4 Å². The Morgan fingerprint density at radius 3 is 2.74 bits per heavy atom. The van der Waals surface area contributed by atoms with E-state index in [2.05, 4.69) is 20.6 Å². The third kappa shape index (κ3) is 4.87. The summed E-state index contributed by atoms with van der Waals surface area (Å²) in [5.41, 5.74) is 1.32. The van der Waals surface area contributed by atoms with Crippen LogP contribution in [0.2, 0.25) is 0 Å². The number of hydrogen-bond acceptors (Lipinski definition) is 7. The van der Waals surface area contributed by atoms with Crippen LogP contribution in [-0.2, 0) is 4.79 Å². The first kappa shape index (κ1) is 20.9. The highest BCUT2D eigenvalue weighted by molar-refractivity contribution is 5.76. The second-order valence-electron chi connectivity index (χ2n) is 7.58. The van der Waals surface area contributed by atoms with Crippen LogP contribution in [0.4, 0.5) is 0 Å². The molecular weight excluding hydrogens is 398 g/mol. The van der Waals surface area contributed by atoms with E-state index in [9.17, 15) is 4.79 Å². The van der Waals surface area contributed by atoms with Gasteiger partial charge in [0.15, 0.2) is 11.5 Å². The van der Waals surface area contributed by atoms with Crippen molar-refractivity contribution in [2.24, 2.45) is 5.92 Å². The summed E-state index contributed by atoms with van der Waals surface area (Å²) >= 11 is 0. The maximum atomic E-state index is 12.0. The molecule has 1 aliphatic rings. The number of ether oxygens (including phenoxy) is 3. The molecule has 0 unspecified atom stereocenters. The van der Waals surface area contributed by atoms with Crippen molar-refractivity contribution in [3.8, 4) is 28.8 Å². The Kier molecular flexibility index (Phi) is 6.49. The lowest BCUT2D eigenvalue weighted by molar-refractivity contribution is -0.122. The molecular formula is C22H27N5O4. The van der Waals surface area contributed by atoms with E-state index in [-0.39, 0.29) is 5.91 Å². The molecule has 0 spiro atoms. The van der Waals surface area contributed by atoms with Crippen LogP contribution in [0.5, 0.6) is 17.4 Å². The molecule has 9 nitrogen and oxygen atoms in total. The van der Waals surface area contributed by atoms with Gasteiger partial charge in [0.05, 0.1) is 26.3 Å². The molecule has 3 aromatic rings. The van der Waals surface area contributed by atoms with Gasteiger partial charge in [-0.15, -0.1) is 15.3 Å². The van der Waals surface area contributed by atoms with E-state index >= 15 is 0 Å². The molecule has 2 aromatic heterocycles. The lowest BCUT2D eigenvalue weighted by Gasteiger charge is -2.11. The maximum absolute atomic E-state index is 12.0. The first-order valence-corrected chi connectivity index (χ1v) is 10.5. The fraction of sp³-hybridized carbons (Fsp3) is 0.455.